The highest BCUT2D eigenvalue weighted by Gasteiger charge is 2.27. The van der Waals surface area contributed by atoms with Crippen molar-refractivity contribution in [1.82, 2.24) is 24.6 Å². The van der Waals surface area contributed by atoms with Crippen LogP contribution in [-0.4, -0.2) is 39.3 Å². The summed E-state index contributed by atoms with van der Waals surface area (Å²) in [6, 6.07) is 12.4. The molecule has 36 heavy (non-hydrogen) atoms. The molecule has 0 saturated heterocycles. The number of hydrogen-bond donors (Lipinski definition) is 2. The number of anilines is 2. The Morgan fingerprint density at radius 1 is 1.08 bits per heavy atom. The average Bonchev–Trinajstić information content (AvgIpc) is 3.62. The second-order valence-electron chi connectivity index (χ2n) is 9.56. The molecule has 1 aliphatic heterocycles. The summed E-state index contributed by atoms with van der Waals surface area (Å²) in [7, 11) is 3.98. The standard InChI is InChI=1S/C23H21FN6O.C5H10/c1-29(2)13-15-4-3-5-20(27-15)28-18-7-6-16(17-11-26-23(31)22(17)18)19-12-25-21-10-14(24)8-9-30(19)21;1-2-4-5-3-1/h3-10,12H,11,13H2,1-2H3,(H,26,31)(H,27,28);1-5H2. The monoisotopic (exact) mass is 486 g/mol. The van der Waals surface area contributed by atoms with Gasteiger partial charge in [0.05, 0.1) is 28.8 Å². The van der Waals surface area contributed by atoms with Crippen LogP contribution in [0.3, 0.4) is 0 Å². The summed E-state index contributed by atoms with van der Waals surface area (Å²) in [5.41, 5.74) is 5.31. The van der Waals surface area contributed by atoms with Gasteiger partial charge in [0.1, 0.15) is 17.3 Å². The van der Waals surface area contributed by atoms with E-state index in [0.717, 1.165) is 29.1 Å². The maximum Gasteiger partial charge on any atom is 0.254 e. The van der Waals surface area contributed by atoms with Gasteiger partial charge in [-0.15, -0.1) is 0 Å². The highest BCUT2D eigenvalue weighted by Crippen LogP contribution is 2.35. The van der Waals surface area contributed by atoms with E-state index in [0.29, 0.717) is 29.3 Å². The fourth-order valence-corrected chi connectivity index (χ4v) is 4.83. The van der Waals surface area contributed by atoms with Gasteiger partial charge in [-0.2, -0.15) is 0 Å². The van der Waals surface area contributed by atoms with Gasteiger partial charge in [0, 0.05) is 30.9 Å². The molecular formula is C28H31FN6O. The molecule has 0 spiro atoms. The minimum absolute atomic E-state index is 0.135. The number of amides is 1. The first-order valence-corrected chi connectivity index (χ1v) is 12.4. The Balaban J connectivity index is 0.000000477. The SMILES string of the molecule is C1CCCC1.CN(C)Cc1cccc(Nc2ccc(-c3cnc4cc(F)ccn34)c3c2C(=O)NC3)n1. The number of fused-ring (bicyclic) bond motifs is 2. The van der Waals surface area contributed by atoms with E-state index in [2.05, 4.69) is 20.6 Å². The van der Waals surface area contributed by atoms with E-state index in [1.807, 2.05) is 53.7 Å². The van der Waals surface area contributed by atoms with E-state index in [1.54, 1.807) is 12.4 Å². The molecular weight excluding hydrogens is 455 g/mol. The van der Waals surface area contributed by atoms with Gasteiger partial charge in [0.15, 0.2) is 0 Å². The van der Waals surface area contributed by atoms with E-state index in [4.69, 9.17) is 0 Å². The van der Waals surface area contributed by atoms with Crippen molar-refractivity contribution < 1.29 is 9.18 Å². The smallest absolute Gasteiger partial charge is 0.254 e. The Morgan fingerprint density at radius 3 is 2.61 bits per heavy atom. The topological polar surface area (TPSA) is 74.6 Å². The third-order valence-electron chi connectivity index (χ3n) is 6.51. The fraction of sp³-hybridized carbons (Fsp3) is 0.321. The Kier molecular flexibility index (Phi) is 6.95. The van der Waals surface area contributed by atoms with E-state index >= 15 is 0 Å². The third-order valence-corrected chi connectivity index (χ3v) is 6.51. The summed E-state index contributed by atoms with van der Waals surface area (Å²) in [5, 5.41) is 6.22. The molecule has 6 rings (SSSR count). The van der Waals surface area contributed by atoms with E-state index in [1.165, 1.54) is 44.2 Å². The van der Waals surface area contributed by atoms with Crippen LogP contribution in [0.25, 0.3) is 16.9 Å². The summed E-state index contributed by atoms with van der Waals surface area (Å²) in [6.45, 7) is 1.14. The molecule has 1 saturated carbocycles. The number of benzene rings is 1. The normalized spacial score (nSPS) is 14.5. The number of rotatable bonds is 5. The van der Waals surface area contributed by atoms with Gasteiger partial charge in [0.25, 0.3) is 5.91 Å². The first-order chi connectivity index (χ1) is 17.5. The Hall–Kier alpha value is -3.78. The zero-order valence-electron chi connectivity index (χ0n) is 20.7. The first kappa shape index (κ1) is 23.9. The molecule has 0 unspecified atom stereocenters. The predicted molar refractivity (Wildman–Crippen MR) is 140 cm³/mol. The van der Waals surface area contributed by atoms with Crippen molar-refractivity contribution >= 4 is 23.1 Å². The van der Waals surface area contributed by atoms with Crippen molar-refractivity contribution in [2.45, 2.75) is 45.2 Å². The Morgan fingerprint density at radius 2 is 1.86 bits per heavy atom. The molecule has 3 aromatic heterocycles. The predicted octanol–water partition coefficient (Wildman–Crippen LogP) is 5.53. The minimum atomic E-state index is -0.338. The number of carbonyl (C=O) groups excluding carboxylic acids is 1. The fourth-order valence-electron chi connectivity index (χ4n) is 4.83. The molecule has 8 heteroatoms. The Labute approximate surface area is 210 Å². The quantitative estimate of drug-likeness (QED) is 0.388. The van der Waals surface area contributed by atoms with E-state index in [9.17, 15) is 9.18 Å². The molecule has 4 aromatic rings. The summed E-state index contributed by atoms with van der Waals surface area (Å²) in [6.07, 6.45) is 10.8. The molecule has 0 radical (unpaired) electrons. The highest BCUT2D eigenvalue weighted by molar-refractivity contribution is 6.06. The average molecular weight is 487 g/mol. The maximum atomic E-state index is 13.6. The summed E-state index contributed by atoms with van der Waals surface area (Å²) < 4.78 is 15.4. The second kappa shape index (κ2) is 10.5. The van der Waals surface area contributed by atoms with Gasteiger partial charge in [-0.3, -0.25) is 9.20 Å². The lowest BCUT2D eigenvalue weighted by molar-refractivity contribution is 0.0966. The molecule has 2 aliphatic rings. The largest absolute Gasteiger partial charge is 0.348 e. The molecule has 186 valence electrons. The van der Waals surface area contributed by atoms with E-state index in [-0.39, 0.29) is 11.7 Å². The van der Waals surface area contributed by atoms with Gasteiger partial charge in [-0.1, -0.05) is 44.2 Å². The number of pyridine rings is 2. The number of carbonyl (C=O) groups is 1. The van der Waals surface area contributed by atoms with Crippen LogP contribution >= 0.6 is 0 Å². The number of aromatic nitrogens is 3. The Bertz CT molecular complexity index is 1380. The lowest BCUT2D eigenvalue weighted by Gasteiger charge is -2.14. The third kappa shape index (κ3) is 5.09. The number of halogens is 1. The van der Waals surface area contributed by atoms with Crippen LogP contribution in [0.1, 0.15) is 53.7 Å². The van der Waals surface area contributed by atoms with Crippen molar-refractivity contribution in [1.29, 1.82) is 0 Å². The van der Waals surface area contributed by atoms with Crippen molar-refractivity contribution in [3.8, 4) is 11.3 Å². The molecule has 0 atom stereocenters. The van der Waals surface area contributed by atoms with Crippen molar-refractivity contribution in [2.24, 2.45) is 0 Å². The number of nitrogens with one attached hydrogen (secondary N) is 2. The van der Waals surface area contributed by atoms with Crippen LogP contribution in [-0.2, 0) is 13.1 Å². The molecule has 1 fully saturated rings. The van der Waals surface area contributed by atoms with Crippen molar-refractivity contribution in [3.63, 3.8) is 0 Å². The van der Waals surface area contributed by atoms with Crippen molar-refractivity contribution in [2.75, 3.05) is 19.4 Å². The zero-order valence-corrected chi connectivity index (χ0v) is 20.7. The molecule has 2 N–H and O–H groups in total. The van der Waals surface area contributed by atoms with Crippen LogP contribution in [0.2, 0.25) is 0 Å². The maximum absolute atomic E-state index is 13.6. The molecule has 1 amide bonds. The lowest BCUT2D eigenvalue weighted by atomic mass is 9.99. The second-order valence-corrected chi connectivity index (χ2v) is 9.56. The van der Waals surface area contributed by atoms with Gasteiger partial charge < -0.3 is 15.5 Å². The van der Waals surface area contributed by atoms with Gasteiger partial charge in [-0.05, 0) is 43.9 Å². The lowest BCUT2D eigenvalue weighted by Crippen LogP contribution is -2.14. The van der Waals surface area contributed by atoms with E-state index < -0.39 is 0 Å². The van der Waals surface area contributed by atoms with Gasteiger partial charge in [-0.25, -0.2) is 14.4 Å². The first-order valence-electron chi connectivity index (χ1n) is 12.4. The van der Waals surface area contributed by atoms with Gasteiger partial charge in [0.2, 0.25) is 0 Å². The van der Waals surface area contributed by atoms with Crippen LogP contribution in [0.15, 0.2) is 54.9 Å². The van der Waals surface area contributed by atoms with Gasteiger partial charge >= 0.3 is 0 Å². The number of nitrogens with zero attached hydrogens (tertiary/aromatic N) is 4. The molecule has 0 bridgehead atoms. The highest BCUT2D eigenvalue weighted by atomic mass is 19.1. The van der Waals surface area contributed by atoms with Crippen molar-refractivity contribution in [3.05, 3.63) is 77.5 Å². The van der Waals surface area contributed by atoms with Crippen LogP contribution in [0, 0.1) is 5.82 Å². The summed E-state index contributed by atoms with van der Waals surface area (Å²) in [5.74, 6) is 0.207. The van der Waals surface area contributed by atoms with Crippen LogP contribution in [0.5, 0.6) is 0 Å². The van der Waals surface area contributed by atoms with Crippen LogP contribution in [0.4, 0.5) is 15.9 Å². The summed E-state index contributed by atoms with van der Waals surface area (Å²) >= 11 is 0. The number of imidazole rings is 1. The molecule has 1 aliphatic carbocycles. The molecule has 4 heterocycles. The van der Waals surface area contributed by atoms with Crippen LogP contribution < -0.4 is 10.6 Å². The zero-order chi connectivity index (χ0) is 25.1. The number of hydrogen-bond acceptors (Lipinski definition) is 5. The molecule has 1 aromatic carbocycles. The minimum Gasteiger partial charge on any atom is -0.348 e. The summed E-state index contributed by atoms with van der Waals surface area (Å²) in [4.78, 5) is 23.7. The molecule has 7 nitrogen and oxygen atoms in total.